The number of hydrogen-bond acceptors (Lipinski definition) is 7. The highest BCUT2D eigenvalue weighted by Crippen LogP contribution is 2.42. The van der Waals surface area contributed by atoms with Crippen molar-refractivity contribution >= 4 is 17.4 Å². The van der Waals surface area contributed by atoms with Gasteiger partial charge < -0.3 is 33.9 Å². The summed E-state index contributed by atoms with van der Waals surface area (Å²) in [6.45, 7) is 4.03. The zero-order valence-electron chi connectivity index (χ0n) is 20.4. The number of ketones is 1. The highest BCUT2D eigenvalue weighted by Gasteiger charge is 2.44. The minimum Gasteiger partial charge on any atom is -0.872 e. The second-order valence-corrected chi connectivity index (χ2v) is 8.63. The molecule has 2 aliphatic heterocycles. The third kappa shape index (κ3) is 4.77. The zero-order chi connectivity index (χ0) is 25.1. The van der Waals surface area contributed by atoms with Gasteiger partial charge in [0.25, 0.3) is 5.91 Å². The lowest BCUT2D eigenvalue weighted by Crippen LogP contribution is -3.06. The molecule has 1 N–H and O–H groups in total. The number of hydrogen-bond donors (Lipinski definition) is 1. The number of nitrogens with zero attached hydrogens (tertiary/aromatic N) is 1. The van der Waals surface area contributed by atoms with Gasteiger partial charge in [0, 0.05) is 5.57 Å². The first-order valence-electron chi connectivity index (χ1n) is 11.6. The van der Waals surface area contributed by atoms with E-state index in [0.29, 0.717) is 61.5 Å². The third-order valence-corrected chi connectivity index (χ3v) is 5.99. The van der Waals surface area contributed by atoms with Gasteiger partial charge in [0.2, 0.25) is 5.78 Å². The number of amides is 1. The Morgan fingerprint density at radius 1 is 1.09 bits per heavy atom. The zero-order valence-corrected chi connectivity index (χ0v) is 20.4. The van der Waals surface area contributed by atoms with E-state index in [1.54, 1.807) is 36.4 Å². The number of Topliss-reactive ketones (excluding diaryl/α,β-unsaturated/α-hetero) is 1. The monoisotopic (exact) mass is 482 g/mol. The van der Waals surface area contributed by atoms with Crippen LogP contribution in [0.2, 0.25) is 0 Å². The molecule has 0 aromatic heterocycles. The molecule has 9 nitrogen and oxygen atoms in total. The van der Waals surface area contributed by atoms with Crippen LogP contribution in [0, 0.1) is 0 Å². The lowest BCUT2D eigenvalue weighted by atomic mass is 9.94. The van der Waals surface area contributed by atoms with Crippen LogP contribution in [-0.4, -0.2) is 70.7 Å². The topological polar surface area (TPSA) is 102 Å². The number of likely N-dealkylation sites (N-methyl/N-ethyl adjacent to an activating group) is 1. The number of carbonyl (C=O) groups is 2. The Morgan fingerprint density at radius 3 is 2.51 bits per heavy atom. The van der Waals surface area contributed by atoms with Gasteiger partial charge in [-0.3, -0.25) is 9.59 Å². The maximum Gasteiger partial charge on any atom is 0.295 e. The van der Waals surface area contributed by atoms with Gasteiger partial charge in [0.15, 0.2) is 23.0 Å². The second-order valence-electron chi connectivity index (χ2n) is 8.63. The van der Waals surface area contributed by atoms with Crippen LogP contribution in [0.15, 0.2) is 42.0 Å². The number of likely N-dealkylation sites (tertiary alicyclic amines) is 1. The molecule has 9 heteroatoms. The fourth-order valence-corrected chi connectivity index (χ4v) is 4.26. The van der Waals surface area contributed by atoms with Crippen LogP contribution in [0.1, 0.15) is 24.1 Å². The Labute approximate surface area is 204 Å². The Morgan fingerprint density at radius 2 is 1.83 bits per heavy atom. The average Bonchev–Trinajstić information content (AvgIpc) is 3.12. The minimum absolute atomic E-state index is 0.0911. The lowest BCUT2D eigenvalue weighted by Gasteiger charge is -2.28. The maximum absolute atomic E-state index is 13.7. The predicted octanol–water partition coefficient (Wildman–Crippen LogP) is 0.234. The van der Waals surface area contributed by atoms with Crippen molar-refractivity contribution in [1.29, 1.82) is 0 Å². The minimum atomic E-state index is -0.848. The molecule has 0 radical (unpaired) electrons. The fraction of sp³-hybridized carbons (Fsp3) is 0.385. The van der Waals surface area contributed by atoms with Gasteiger partial charge in [-0.1, -0.05) is 17.9 Å². The fourth-order valence-electron chi connectivity index (χ4n) is 4.26. The number of carbonyl (C=O) groups excluding carboxylic acids is 2. The van der Waals surface area contributed by atoms with Crippen LogP contribution in [0.3, 0.4) is 0 Å². The first-order chi connectivity index (χ1) is 16.8. The van der Waals surface area contributed by atoms with Crippen molar-refractivity contribution in [3.05, 3.63) is 53.1 Å². The van der Waals surface area contributed by atoms with E-state index in [4.69, 9.17) is 18.9 Å². The third-order valence-electron chi connectivity index (χ3n) is 5.99. The molecule has 0 aliphatic carbocycles. The van der Waals surface area contributed by atoms with E-state index in [-0.39, 0.29) is 11.1 Å². The molecule has 1 atom stereocenters. The SMILES string of the molecule is CCOc1ccc(C2/C(=C(\[O-])c3ccc4c(c3)OCCO4)C(=O)C(=O)N2CC[NH+](C)C)cc1OC. The van der Waals surface area contributed by atoms with Gasteiger partial charge in [-0.15, -0.1) is 0 Å². The number of rotatable bonds is 8. The van der Waals surface area contributed by atoms with Crippen molar-refractivity contribution in [2.75, 3.05) is 54.1 Å². The molecule has 1 saturated heterocycles. The number of nitrogens with one attached hydrogen (secondary N) is 1. The Balaban J connectivity index is 1.84. The first-order valence-corrected chi connectivity index (χ1v) is 11.6. The highest BCUT2D eigenvalue weighted by molar-refractivity contribution is 6.46. The molecule has 1 fully saturated rings. The Bertz CT molecular complexity index is 1160. The molecule has 186 valence electrons. The van der Waals surface area contributed by atoms with E-state index < -0.39 is 23.5 Å². The van der Waals surface area contributed by atoms with E-state index in [0.717, 1.165) is 4.90 Å². The molecule has 1 unspecified atom stereocenters. The van der Waals surface area contributed by atoms with Gasteiger partial charge in [-0.2, -0.15) is 0 Å². The summed E-state index contributed by atoms with van der Waals surface area (Å²) in [5.41, 5.74) is 0.763. The van der Waals surface area contributed by atoms with Gasteiger partial charge in [0.05, 0.1) is 46.9 Å². The van der Waals surface area contributed by atoms with E-state index in [1.165, 1.54) is 12.0 Å². The molecule has 2 heterocycles. The summed E-state index contributed by atoms with van der Waals surface area (Å²) in [5.74, 6) is -0.0277. The van der Waals surface area contributed by atoms with Crippen LogP contribution >= 0.6 is 0 Å². The molecule has 2 aliphatic rings. The summed E-state index contributed by atoms with van der Waals surface area (Å²) >= 11 is 0. The Kier molecular flexibility index (Phi) is 7.16. The molecule has 2 aromatic carbocycles. The van der Waals surface area contributed by atoms with Crippen molar-refractivity contribution < 1.29 is 38.5 Å². The van der Waals surface area contributed by atoms with E-state index >= 15 is 0 Å². The van der Waals surface area contributed by atoms with Crippen LogP contribution in [0.25, 0.3) is 5.76 Å². The van der Waals surface area contributed by atoms with Gasteiger partial charge >= 0.3 is 0 Å². The highest BCUT2D eigenvalue weighted by atomic mass is 16.6. The normalized spacial score (nSPS) is 18.8. The van der Waals surface area contributed by atoms with Crippen LogP contribution in [0.5, 0.6) is 23.0 Å². The Hall–Kier alpha value is -3.72. The molecule has 0 spiro atoms. The van der Waals surface area contributed by atoms with Crippen molar-refractivity contribution in [1.82, 2.24) is 4.90 Å². The van der Waals surface area contributed by atoms with Crippen molar-refractivity contribution in [3.63, 3.8) is 0 Å². The summed E-state index contributed by atoms with van der Waals surface area (Å²) in [7, 11) is 5.44. The average molecular weight is 483 g/mol. The van der Waals surface area contributed by atoms with E-state index in [9.17, 15) is 14.7 Å². The molecule has 2 aromatic rings. The number of fused-ring (bicyclic) bond motifs is 1. The predicted molar refractivity (Wildman–Crippen MR) is 126 cm³/mol. The van der Waals surface area contributed by atoms with E-state index in [2.05, 4.69) is 0 Å². The van der Waals surface area contributed by atoms with Crippen LogP contribution in [-0.2, 0) is 9.59 Å². The number of benzene rings is 2. The van der Waals surface area contributed by atoms with Crippen molar-refractivity contribution in [2.45, 2.75) is 13.0 Å². The molecule has 1 amide bonds. The molecule has 35 heavy (non-hydrogen) atoms. The molecule has 4 rings (SSSR count). The quantitative estimate of drug-likeness (QED) is 0.327. The summed E-state index contributed by atoms with van der Waals surface area (Å²) in [6, 6.07) is 9.15. The van der Waals surface area contributed by atoms with Crippen LogP contribution in [0.4, 0.5) is 0 Å². The summed E-state index contributed by atoms with van der Waals surface area (Å²) in [6.07, 6.45) is 0. The van der Waals surface area contributed by atoms with E-state index in [1.807, 2.05) is 21.0 Å². The summed E-state index contributed by atoms with van der Waals surface area (Å²) in [5, 5.41) is 13.7. The summed E-state index contributed by atoms with van der Waals surface area (Å²) < 4.78 is 22.2. The van der Waals surface area contributed by atoms with Gasteiger partial charge in [-0.25, -0.2) is 0 Å². The van der Waals surface area contributed by atoms with Crippen LogP contribution < -0.4 is 29.0 Å². The smallest absolute Gasteiger partial charge is 0.295 e. The number of quaternary nitrogens is 1. The second kappa shape index (κ2) is 10.3. The molecule has 0 saturated carbocycles. The molecular formula is C26H30N2O7. The molecular weight excluding hydrogens is 452 g/mol. The van der Waals surface area contributed by atoms with Crippen molar-refractivity contribution in [3.8, 4) is 23.0 Å². The van der Waals surface area contributed by atoms with Gasteiger partial charge in [-0.05, 0) is 42.3 Å². The van der Waals surface area contributed by atoms with Crippen molar-refractivity contribution in [2.24, 2.45) is 0 Å². The first kappa shape index (κ1) is 24.4. The standard InChI is InChI=1S/C26H30N2O7/c1-5-33-18-8-6-16(14-20(18)32-4)23-22(25(30)26(31)28(23)11-10-27(2)3)24(29)17-7-9-19-21(15-17)35-13-12-34-19/h6-9,14-15,23,29H,5,10-13H2,1-4H3/b24-22+. The largest absolute Gasteiger partial charge is 0.872 e. The lowest BCUT2D eigenvalue weighted by molar-refractivity contribution is -0.857. The molecule has 0 bridgehead atoms. The summed E-state index contributed by atoms with van der Waals surface area (Å²) in [4.78, 5) is 28.9. The van der Waals surface area contributed by atoms with Gasteiger partial charge in [0.1, 0.15) is 13.2 Å². The number of methoxy groups -OCH3 is 1. The maximum atomic E-state index is 13.7. The number of ether oxygens (including phenoxy) is 4.